The second-order valence-corrected chi connectivity index (χ2v) is 4.74. The molecule has 0 amide bonds. The molecular formula is C14H19FN4. The molecule has 0 saturated heterocycles. The average Bonchev–Trinajstić information content (AvgIpc) is 2.41. The lowest BCUT2D eigenvalue weighted by Gasteiger charge is -1.99. The number of aromatic nitrogens is 4. The van der Waals surface area contributed by atoms with Gasteiger partial charge in [0, 0.05) is 6.20 Å². The van der Waals surface area contributed by atoms with E-state index in [0.29, 0.717) is 11.8 Å². The van der Waals surface area contributed by atoms with E-state index in [9.17, 15) is 4.39 Å². The van der Waals surface area contributed by atoms with E-state index in [2.05, 4.69) is 34.2 Å². The molecule has 0 saturated carbocycles. The predicted molar refractivity (Wildman–Crippen MR) is 72.2 cm³/mol. The number of nitrogens with zero attached hydrogens (tertiary/aromatic N) is 4. The molecule has 0 unspecified atom stereocenters. The van der Waals surface area contributed by atoms with Crippen LogP contribution < -0.4 is 0 Å². The molecular weight excluding hydrogens is 243 g/mol. The third-order valence-electron chi connectivity index (χ3n) is 2.43. The van der Waals surface area contributed by atoms with E-state index in [4.69, 9.17) is 0 Å². The Labute approximate surface area is 113 Å². The van der Waals surface area contributed by atoms with Crippen molar-refractivity contribution in [3.05, 3.63) is 47.8 Å². The minimum Gasteiger partial charge on any atom is -0.183 e. The lowest BCUT2D eigenvalue weighted by Crippen LogP contribution is -1.95. The van der Waals surface area contributed by atoms with Crippen molar-refractivity contribution in [3.8, 4) is 0 Å². The Bertz CT molecular complexity index is 469. The SMILES string of the molecule is CC(C)c1ccc(F)nn1.CC(C)c1cccnn1. The highest BCUT2D eigenvalue weighted by atomic mass is 19.1. The maximum Gasteiger partial charge on any atom is 0.233 e. The van der Waals surface area contributed by atoms with Gasteiger partial charge in [0.15, 0.2) is 0 Å². The molecule has 0 radical (unpaired) electrons. The molecule has 0 aliphatic heterocycles. The quantitative estimate of drug-likeness (QED) is 0.833. The zero-order valence-corrected chi connectivity index (χ0v) is 11.7. The van der Waals surface area contributed by atoms with Crippen molar-refractivity contribution in [1.82, 2.24) is 20.4 Å². The van der Waals surface area contributed by atoms with Gasteiger partial charge in [0.1, 0.15) is 0 Å². The van der Waals surface area contributed by atoms with Gasteiger partial charge < -0.3 is 0 Å². The molecule has 2 aromatic rings. The monoisotopic (exact) mass is 262 g/mol. The fourth-order valence-electron chi connectivity index (χ4n) is 1.26. The van der Waals surface area contributed by atoms with Crippen molar-refractivity contribution >= 4 is 0 Å². The highest BCUT2D eigenvalue weighted by molar-refractivity contribution is 5.04. The Morgan fingerprint density at radius 3 is 1.84 bits per heavy atom. The summed E-state index contributed by atoms with van der Waals surface area (Å²) < 4.78 is 12.2. The third kappa shape index (κ3) is 5.50. The average molecular weight is 262 g/mol. The Morgan fingerprint density at radius 2 is 1.47 bits per heavy atom. The first-order valence-electron chi connectivity index (χ1n) is 6.27. The maximum atomic E-state index is 12.2. The molecule has 0 fully saturated rings. The molecule has 0 aliphatic carbocycles. The van der Waals surface area contributed by atoms with Crippen LogP contribution in [0.1, 0.15) is 50.9 Å². The van der Waals surface area contributed by atoms with E-state index in [0.717, 1.165) is 11.4 Å². The maximum absolute atomic E-state index is 12.2. The van der Waals surface area contributed by atoms with Crippen LogP contribution in [0.2, 0.25) is 0 Å². The van der Waals surface area contributed by atoms with Crippen LogP contribution in [0.5, 0.6) is 0 Å². The summed E-state index contributed by atoms with van der Waals surface area (Å²) in [6.45, 7) is 8.18. The summed E-state index contributed by atoms with van der Waals surface area (Å²) in [5.41, 5.74) is 1.87. The van der Waals surface area contributed by atoms with Gasteiger partial charge in [-0.2, -0.15) is 19.7 Å². The summed E-state index contributed by atoms with van der Waals surface area (Å²) >= 11 is 0. The van der Waals surface area contributed by atoms with E-state index < -0.39 is 5.95 Å². The summed E-state index contributed by atoms with van der Waals surface area (Å²) in [7, 11) is 0. The van der Waals surface area contributed by atoms with Crippen LogP contribution in [-0.4, -0.2) is 20.4 Å². The molecule has 2 rings (SSSR count). The summed E-state index contributed by atoms with van der Waals surface area (Å²) in [6, 6.07) is 6.86. The fraction of sp³-hybridized carbons (Fsp3) is 0.429. The van der Waals surface area contributed by atoms with Crippen LogP contribution in [0.4, 0.5) is 4.39 Å². The van der Waals surface area contributed by atoms with Gasteiger partial charge in [-0.25, -0.2) is 0 Å². The molecule has 0 spiro atoms. The third-order valence-corrected chi connectivity index (χ3v) is 2.43. The van der Waals surface area contributed by atoms with Crippen molar-refractivity contribution in [2.75, 3.05) is 0 Å². The summed E-state index contributed by atoms with van der Waals surface area (Å²) in [5.74, 6) is 0.274. The molecule has 2 heterocycles. The molecule has 4 nitrogen and oxygen atoms in total. The van der Waals surface area contributed by atoms with Crippen molar-refractivity contribution in [1.29, 1.82) is 0 Å². The topological polar surface area (TPSA) is 51.6 Å². The van der Waals surface area contributed by atoms with Crippen molar-refractivity contribution < 1.29 is 4.39 Å². The second-order valence-electron chi connectivity index (χ2n) is 4.74. The first-order valence-corrected chi connectivity index (χ1v) is 6.27. The van der Waals surface area contributed by atoms with Gasteiger partial charge in [-0.15, -0.1) is 5.10 Å². The molecule has 5 heteroatoms. The normalized spacial score (nSPS) is 10.3. The van der Waals surface area contributed by atoms with E-state index in [1.165, 1.54) is 6.07 Å². The molecule has 0 bridgehead atoms. The molecule has 2 aromatic heterocycles. The van der Waals surface area contributed by atoms with Gasteiger partial charge in [0.05, 0.1) is 11.4 Å². The van der Waals surface area contributed by atoms with E-state index >= 15 is 0 Å². The standard InChI is InChI=1S/C7H9FN2.C7H10N2/c1-5(2)6-3-4-7(8)10-9-6;1-6(2)7-4-3-5-8-9-7/h3-5H,1-2H3;3-6H,1-2H3. The van der Waals surface area contributed by atoms with Crippen LogP contribution in [0, 0.1) is 5.95 Å². The van der Waals surface area contributed by atoms with E-state index in [1.54, 1.807) is 12.3 Å². The largest absolute Gasteiger partial charge is 0.233 e. The minimum absolute atomic E-state index is 0.313. The van der Waals surface area contributed by atoms with Crippen molar-refractivity contribution in [3.63, 3.8) is 0 Å². The van der Waals surface area contributed by atoms with Gasteiger partial charge in [0.25, 0.3) is 0 Å². The van der Waals surface area contributed by atoms with Crippen LogP contribution in [0.25, 0.3) is 0 Å². The molecule has 19 heavy (non-hydrogen) atoms. The zero-order valence-electron chi connectivity index (χ0n) is 11.7. The smallest absolute Gasteiger partial charge is 0.183 e. The van der Waals surface area contributed by atoms with Gasteiger partial charge in [-0.1, -0.05) is 27.7 Å². The molecule has 102 valence electrons. The lowest BCUT2D eigenvalue weighted by atomic mass is 10.1. The number of rotatable bonds is 2. The van der Waals surface area contributed by atoms with Crippen LogP contribution in [0.3, 0.4) is 0 Å². The Hall–Kier alpha value is -1.91. The van der Waals surface area contributed by atoms with Gasteiger partial charge in [-0.05, 0) is 36.1 Å². The Kier molecular flexibility index (Phi) is 5.99. The van der Waals surface area contributed by atoms with E-state index in [1.807, 2.05) is 26.0 Å². The summed E-state index contributed by atoms with van der Waals surface area (Å²) in [4.78, 5) is 0. The van der Waals surface area contributed by atoms with Gasteiger partial charge in [0.2, 0.25) is 5.95 Å². The first kappa shape index (κ1) is 15.1. The van der Waals surface area contributed by atoms with Crippen LogP contribution in [-0.2, 0) is 0 Å². The molecule has 0 aliphatic rings. The van der Waals surface area contributed by atoms with Gasteiger partial charge >= 0.3 is 0 Å². The van der Waals surface area contributed by atoms with E-state index in [-0.39, 0.29) is 0 Å². The predicted octanol–water partition coefficient (Wildman–Crippen LogP) is 3.34. The minimum atomic E-state index is -0.524. The number of hydrogen-bond acceptors (Lipinski definition) is 4. The first-order chi connectivity index (χ1) is 9.00. The fourth-order valence-corrected chi connectivity index (χ4v) is 1.26. The van der Waals surface area contributed by atoms with Gasteiger partial charge in [-0.3, -0.25) is 0 Å². The molecule has 0 aromatic carbocycles. The summed E-state index contributed by atoms with van der Waals surface area (Å²) in [6.07, 6.45) is 1.69. The highest BCUT2D eigenvalue weighted by Gasteiger charge is 2.00. The Morgan fingerprint density at radius 1 is 0.842 bits per heavy atom. The number of halogens is 1. The highest BCUT2D eigenvalue weighted by Crippen LogP contribution is 2.08. The number of hydrogen-bond donors (Lipinski definition) is 0. The van der Waals surface area contributed by atoms with Crippen LogP contribution >= 0.6 is 0 Å². The summed E-state index contributed by atoms with van der Waals surface area (Å²) in [5, 5.41) is 14.6. The lowest BCUT2D eigenvalue weighted by molar-refractivity contribution is 0.555. The molecule has 0 atom stereocenters. The van der Waals surface area contributed by atoms with Crippen molar-refractivity contribution in [2.24, 2.45) is 0 Å². The Balaban J connectivity index is 0.000000191. The molecule has 0 N–H and O–H groups in total. The zero-order chi connectivity index (χ0) is 14.3. The second kappa shape index (κ2) is 7.51. The van der Waals surface area contributed by atoms with Crippen LogP contribution in [0.15, 0.2) is 30.5 Å². The van der Waals surface area contributed by atoms with Crippen molar-refractivity contribution in [2.45, 2.75) is 39.5 Å².